The molecule has 3 rings (SSSR count). The molecule has 1 atom stereocenters. The maximum atomic E-state index is 12.6. The van der Waals surface area contributed by atoms with E-state index in [0.29, 0.717) is 25.9 Å². The Balaban J connectivity index is 1.51. The molecule has 1 aliphatic heterocycles. The molecule has 0 bridgehead atoms. The highest BCUT2D eigenvalue weighted by Gasteiger charge is 2.33. The molecule has 142 valence electrons. The lowest BCUT2D eigenvalue weighted by Gasteiger charge is -2.31. The predicted octanol–water partition coefficient (Wildman–Crippen LogP) is 0.871. The van der Waals surface area contributed by atoms with Crippen LogP contribution in [0.5, 0.6) is 0 Å². The number of nitrogens with zero attached hydrogens (tertiary/aromatic N) is 1. The summed E-state index contributed by atoms with van der Waals surface area (Å²) in [6.45, 7) is 2.28. The number of benzene rings is 1. The minimum Gasteiger partial charge on any atom is -0.352 e. The smallest absolute Gasteiger partial charge is 0.243 e. The number of nitrogens with one attached hydrogen (secondary N) is 2. The average Bonchev–Trinajstić information content (AvgIpc) is 3.46. The summed E-state index contributed by atoms with van der Waals surface area (Å²) in [5.74, 6) is -0.612. The van der Waals surface area contributed by atoms with Gasteiger partial charge in [0.2, 0.25) is 21.8 Å². The molecule has 0 spiro atoms. The molecule has 0 unspecified atom stereocenters. The van der Waals surface area contributed by atoms with Crippen LogP contribution in [0.3, 0.4) is 0 Å². The number of carbonyl (C=O) groups excluding carboxylic acids is 2. The SMILES string of the molecule is C[C@H](NC(=O)C1CCN(S(=O)(=O)c2ccccc2)CC1)C(=O)NC1CC1. The predicted molar refractivity (Wildman–Crippen MR) is 96.7 cm³/mol. The van der Waals surface area contributed by atoms with Gasteiger partial charge in [-0.25, -0.2) is 8.42 Å². The molecule has 1 heterocycles. The average molecular weight is 379 g/mol. The van der Waals surface area contributed by atoms with Gasteiger partial charge in [-0.05, 0) is 44.7 Å². The van der Waals surface area contributed by atoms with Gasteiger partial charge in [0.1, 0.15) is 6.04 Å². The highest BCUT2D eigenvalue weighted by molar-refractivity contribution is 7.89. The fourth-order valence-corrected chi connectivity index (χ4v) is 4.54. The molecule has 2 amide bonds. The summed E-state index contributed by atoms with van der Waals surface area (Å²) in [7, 11) is -3.52. The molecule has 2 fully saturated rings. The van der Waals surface area contributed by atoms with Gasteiger partial charge in [-0.15, -0.1) is 0 Å². The largest absolute Gasteiger partial charge is 0.352 e. The first-order valence-electron chi connectivity index (χ1n) is 9.04. The topological polar surface area (TPSA) is 95.6 Å². The summed E-state index contributed by atoms with van der Waals surface area (Å²) >= 11 is 0. The highest BCUT2D eigenvalue weighted by Crippen LogP contribution is 2.24. The lowest BCUT2D eigenvalue weighted by molar-refractivity contribution is -0.131. The van der Waals surface area contributed by atoms with Crippen LogP contribution in [-0.2, 0) is 19.6 Å². The molecular weight excluding hydrogens is 354 g/mol. The van der Waals surface area contributed by atoms with Crippen LogP contribution in [0.1, 0.15) is 32.6 Å². The number of carbonyl (C=O) groups is 2. The van der Waals surface area contributed by atoms with Gasteiger partial charge in [-0.2, -0.15) is 4.31 Å². The summed E-state index contributed by atoms with van der Waals surface area (Å²) in [5.41, 5.74) is 0. The van der Waals surface area contributed by atoms with Crippen molar-refractivity contribution in [2.24, 2.45) is 5.92 Å². The molecule has 1 aliphatic carbocycles. The minimum absolute atomic E-state index is 0.162. The van der Waals surface area contributed by atoms with Crippen molar-refractivity contribution in [1.82, 2.24) is 14.9 Å². The summed E-state index contributed by atoms with van der Waals surface area (Å²) in [4.78, 5) is 24.6. The molecule has 1 saturated heterocycles. The van der Waals surface area contributed by atoms with Crippen molar-refractivity contribution in [2.75, 3.05) is 13.1 Å². The second-order valence-electron chi connectivity index (χ2n) is 7.00. The van der Waals surface area contributed by atoms with Crippen molar-refractivity contribution in [2.45, 2.75) is 49.6 Å². The van der Waals surface area contributed by atoms with E-state index < -0.39 is 16.1 Å². The quantitative estimate of drug-likeness (QED) is 0.767. The van der Waals surface area contributed by atoms with Crippen molar-refractivity contribution >= 4 is 21.8 Å². The van der Waals surface area contributed by atoms with Crippen molar-refractivity contribution in [3.8, 4) is 0 Å². The molecule has 0 aromatic heterocycles. The van der Waals surface area contributed by atoms with E-state index in [1.54, 1.807) is 37.3 Å². The Morgan fingerprint density at radius 1 is 1.08 bits per heavy atom. The zero-order valence-corrected chi connectivity index (χ0v) is 15.7. The third kappa shape index (κ3) is 4.42. The van der Waals surface area contributed by atoms with Gasteiger partial charge in [-0.1, -0.05) is 18.2 Å². The zero-order valence-electron chi connectivity index (χ0n) is 14.8. The van der Waals surface area contributed by atoms with Crippen LogP contribution in [0.15, 0.2) is 35.2 Å². The molecule has 1 aromatic carbocycles. The van der Waals surface area contributed by atoms with E-state index in [2.05, 4.69) is 10.6 Å². The van der Waals surface area contributed by atoms with Crippen LogP contribution in [0.2, 0.25) is 0 Å². The maximum Gasteiger partial charge on any atom is 0.243 e. The van der Waals surface area contributed by atoms with E-state index in [9.17, 15) is 18.0 Å². The molecule has 2 aliphatic rings. The molecule has 1 saturated carbocycles. The summed E-state index contributed by atoms with van der Waals surface area (Å²) in [6.07, 6.45) is 2.91. The number of rotatable bonds is 6. The third-order valence-electron chi connectivity index (χ3n) is 4.88. The molecule has 26 heavy (non-hydrogen) atoms. The zero-order chi connectivity index (χ0) is 18.7. The fourth-order valence-electron chi connectivity index (χ4n) is 3.05. The molecule has 2 N–H and O–H groups in total. The lowest BCUT2D eigenvalue weighted by atomic mass is 9.97. The van der Waals surface area contributed by atoms with Crippen molar-refractivity contribution in [1.29, 1.82) is 0 Å². The number of hydrogen-bond acceptors (Lipinski definition) is 4. The first kappa shape index (κ1) is 18.8. The number of amides is 2. The van der Waals surface area contributed by atoms with E-state index in [-0.39, 0.29) is 28.7 Å². The van der Waals surface area contributed by atoms with Crippen molar-refractivity contribution in [3.05, 3.63) is 30.3 Å². The van der Waals surface area contributed by atoms with Gasteiger partial charge in [0.05, 0.1) is 4.90 Å². The molecular formula is C18H25N3O4S. The summed E-state index contributed by atoms with van der Waals surface area (Å²) in [6, 6.07) is 8.00. The van der Waals surface area contributed by atoms with Gasteiger partial charge >= 0.3 is 0 Å². The van der Waals surface area contributed by atoms with Crippen LogP contribution in [0.4, 0.5) is 0 Å². The van der Waals surface area contributed by atoms with Crippen molar-refractivity contribution in [3.63, 3.8) is 0 Å². The second kappa shape index (κ2) is 7.75. The lowest BCUT2D eigenvalue weighted by Crippen LogP contribution is -2.49. The summed E-state index contributed by atoms with van der Waals surface area (Å²) in [5, 5.41) is 5.61. The first-order valence-corrected chi connectivity index (χ1v) is 10.5. The Morgan fingerprint density at radius 2 is 1.69 bits per heavy atom. The van der Waals surface area contributed by atoms with Crippen molar-refractivity contribution < 1.29 is 18.0 Å². The Bertz CT molecular complexity index is 754. The second-order valence-corrected chi connectivity index (χ2v) is 8.94. The van der Waals surface area contributed by atoms with Gasteiger partial charge in [0.15, 0.2) is 0 Å². The van der Waals surface area contributed by atoms with Gasteiger partial charge in [-0.3, -0.25) is 9.59 Å². The summed E-state index contributed by atoms with van der Waals surface area (Å²) < 4.78 is 26.6. The monoisotopic (exact) mass is 379 g/mol. The van der Waals surface area contributed by atoms with Crippen LogP contribution >= 0.6 is 0 Å². The maximum absolute atomic E-state index is 12.6. The molecule has 7 nitrogen and oxygen atoms in total. The fraction of sp³-hybridized carbons (Fsp3) is 0.556. The van der Waals surface area contributed by atoms with Crippen LogP contribution in [0.25, 0.3) is 0 Å². The Hall–Kier alpha value is -1.93. The van der Waals surface area contributed by atoms with Gasteiger partial charge < -0.3 is 10.6 Å². The van der Waals surface area contributed by atoms with Crippen LogP contribution in [-0.4, -0.2) is 49.7 Å². The molecule has 1 aromatic rings. The van der Waals surface area contributed by atoms with E-state index >= 15 is 0 Å². The third-order valence-corrected chi connectivity index (χ3v) is 6.79. The standard InChI is InChI=1S/C18H25N3O4S/c1-13(17(22)20-15-7-8-15)19-18(23)14-9-11-21(12-10-14)26(24,25)16-5-3-2-4-6-16/h2-6,13-15H,7-12H2,1H3,(H,19,23)(H,20,22)/t13-/m0/s1. The molecule has 0 radical (unpaired) electrons. The normalized spacial score (nSPS) is 20.3. The van der Waals surface area contributed by atoms with E-state index in [1.165, 1.54) is 4.31 Å². The Morgan fingerprint density at radius 3 is 2.27 bits per heavy atom. The number of sulfonamides is 1. The number of hydrogen-bond donors (Lipinski definition) is 2. The number of piperidine rings is 1. The van der Waals surface area contributed by atoms with E-state index in [4.69, 9.17) is 0 Å². The van der Waals surface area contributed by atoms with Gasteiger partial charge in [0, 0.05) is 25.0 Å². The Kier molecular flexibility index (Phi) is 5.62. The first-order chi connectivity index (χ1) is 12.4. The van der Waals surface area contributed by atoms with E-state index in [1.807, 2.05) is 0 Å². The van der Waals surface area contributed by atoms with Crippen LogP contribution in [0, 0.1) is 5.92 Å². The molecule has 8 heteroatoms. The van der Waals surface area contributed by atoms with Crippen LogP contribution < -0.4 is 10.6 Å². The minimum atomic E-state index is -3.52. The Labute approximate surface area is 154 Å². The highest BCUT2D eigenvalue weighted by atomic mass is 32.2. The van der Waals surface area contributed by atoms with Gasteiger partial charge in [0.25, 0.3) is 0 Å². The van der Waals surface area contributed by atoms with E-state index in [0.717, 1.165) is 12.8 Å².